The van der Waals surface area contributed by atoms with E-state index >= 15 is 0 Å². The first-order valence-corrected chi connectivity index (χ1v) is 6.89. The maximum Gasteiger partial charge on any atom is 0.325 e. The summed E-state index contributed by atoms with van der Waals surface area (Å²) in [5, 5.41) is 0. The second-order valence-electron chi connectivity index (χ2n) is 4.56. The number of methoxy groups -OCH3 is 1. The van der Waals surface area contributed by atoms with Crippen LogP contribution < -0.4 is 10.5 Å². The molecule has 0 saturated heterocycles. The summed E-state index contributed by atoms with van der Waals surface area (Å²) in [5.74, 6) is 0.112. The van der Waals surface area contributed by atoms with E-state index in [1.165, 1.54) is 12.0 Å². The summed E-state index contributed by atoms with van der Waals surface area (Å²) >= 11 is 0. The number of carbonyl (C=O) groups is 2. The molecule has 6 nitrogen and oxygen atoms in total. The van der Waals surface area contributed by atoms with Gasteiger partial charge in [0.15, 0.2) is 0 Å². The van der Waals surface area contributed by atoms with Crippen molar-refractivity contribution < 1.29 is 19.1 Å². The molecular weight excluding hydrogens is 272 g/mol. The second kappa shape index (κ2) is 8.84. The molecule has 21 heavy (non-hydrogen) atoms. The molecule has 0 atom stereocenters. The highest BCUT2D eigenvalue weighted by molar-refractivity contribution is 5.82. The van der Waals surface area contributed by atoms with Crippen LogP contribution in [-0.2, 0) is 14.3 Å². The topological polar surface area (TPSA) is 81.9 Å². The molecule has 0 fully saturated rings. The molecule has 0 heterocycles. The Morgan fingerprint density at radius 3 is 2.48 bits per heavy atom. The lowest BCUT2D eigenvalue weighted by molar-refractivity contribution is -0.147. The third-order valence-electron chi connectivity index (χ3n) is 2.86. The van der Waals surface area contributed by atoms with E-state index in [1.54, 1.807) is 24.3 Å². The van der Waals surface area contributed by atoms with Crippen LogP contribution in [0.5, 0.6) is 5.75 Å². The van der Waals surface area contributed by atoms with Gasteiger partial charge in [-0.25, -0.2) is 0 Å². The summed E-state index contributed by atoms with van der Waals surface area (Å²) in [6.45, 7) is 2.70. The number of hydrogen-bond acceptors (Lipinski definition) is 5. The first-order valence-electron chi connectivity index (χ1n) is 6.89. The summed E-state index contributed by atoms with van der Waals surface area (Å²) < 4.78 is 10.1. The van der Waals surface area contributed by atoms with Gasteiger partial charge in [0.25, 0.3) is 0 Å². The highest BCUT2D eigenvalue weighted by atomic mass is 16.5. The van der Waals surface area contributed by atoms with E-state index in [2.05, 4.69) is 4.74 Å². The standard InChI is InChI=1S/C15H22N2O4/c1-3-9-17(11-15(19)20-2)14(18)8-10-21-13-6-4-12(16)5-7-13/h4-7H,3,8-11,16H2,1-2H3. The largest absolute Gasteiger partial charge is 0.493 e. The quantitative estimate of drug-likeness (QED) is 0.579. The van der Waals surface area contributed by atoms with Crippen LogP contribution in [0, 0.1) is 0 Å². The Kier molecular flexibility index (Phi) is 7.08. The van der Waals surface area contributed by atoms with Crippen LogP contribution in [0.2, 0.25) is 0 Å². The monoisotopic (exact) mass is 294 g/mol. The lowest BCUT2D eigenvalue weighted by Crippen LogP contribution is -2.37. The second-order valence-corrected chi connectivity index (χ2v) is 4.56. The molecule has 1 amide bonds. The maximum atomic E-state index is 12.0. The van der Waals surface area contributed by atoms with Crippen molar-refractivity contribution in [2.45, 2.75) is 19.8 Å². The Hall–Kier alpha value is -2.24. The average molecular weight is 294 g/mol. The number of nitrogens with two attached hydrogens (primary N) is 1. The maximum absolute atomic E-state index is 12.0. The molecule has 1 aromatic carbocycles. The van der Waals surface area contributed by atoms with Crippen molar-refractivity contribution in [1.82, 2.24) is 4.90 Å². The van der Waals surface area contributed by atoms with Crippen LogP contribution in [-0.4, -0.2) is 43.6 Å². The van der Waals surface area contributed by atoms with Gasteiger partial charge in [-0.05, 0) is 30.7 Å². The average Bonchev–Trinajstić information content (AvgIpc) is 2.48. The van der Waals surface area contributed by atoms with Gasteiger partial charge in [-0.3, -0.25) is 9.59 Å². The Balaban J connectivity index is 2.42. The number of rotatable bonds is 8. The number of amides is 1. The van der Waals surface area contributed by atoms with Gasteiger partial charge < -0.3 is 20.1 Å². The van der Waals surface area contributed by atoms with Crippen molar-refractivity contribution in [1.29, 1.82) is 0 Å². The molecule has 116 valence electrons. The number of benzene rings is 1. The fourth-order valence-corrected chi connectivity index (χ4v) is 1.76. The lowest BCUT2D eigenvalue weighted by Gasteiger charge is -2.20. The molecule has 0 aliphatic heterocycles. The van der Waals surface area contributed by atoms with Gasteiger partial charge in [-0.2, -0.15) is 0 Å². The first-order chi connectivity index (χ1) is 10.1. The molecule has 0 bridgehead atoms. The number of ether oxygens (including phenoxy) is 2. The molecular formula is C15H22N2O4. The number of esters is 1. The molecule has 1 aromatic rings. The normalized spacial score (nSPS) is 10.0. The molecule has 0 unspecified atom stereocenters. The minimum atomic E-state index is -0.420. The number of anilines is 1. The van der Waals surface area contributed by atoms with Crippen molar-refractivity contribution in [3.63, 3.8) is 0 Å². The molecule has 0 aliphatic rings. The summed E-state index contributed by atoms with van der Waals surface area (Å²) in [4.78, 5) is 24.8. The van der Waals surface area contributed by atoms with Crippen LogP contribution in [0.25, 0.3) is 0 Å². The lowest BCUT2D eigenvalue weighted by atomic mass is 10.3. The fraction of sp³-hybridized carbons (Fsp3) is 0.467. The van der Waals surface area contributed by atoms with Gasteiger partial charge >= 0.3 is 5.97 Å². The highest BCUT2D eigenvalue weighted by Gasteiger charge is 2.16. The molecule has 0 saturated carbocycles. The van der Waals surface area contributed by atoms with Crippen LogP contribution >= 0.6 is 0 Å². The summed E-state index contributed by atoms with van der Waals surface area (Å²) in [6.07, 6.45) is 0.989. The SMILES string of the molecule is CCCN(CC(=O)OC)C(=O)CCOc1ccc(N)cc1. The van der Waals surface area contributed by atoms with E-state index in [0.717, 1.165) is 6.42 Å². The van der Waals surface area contributed by atoms with E-state index in [1.807, 2.05) is 6.92 Å². The van der Waals surface area contributed by atoms with Crippen LogP contribution in [0.1, 0.15) is 19.8 Å². The van der Waals surface area contributed by atoms with Gasteiger partial charge in [0.1, 0.15) is 12.3 Å². The van der Waals surface area contributed by atoms with E-state index < -0.39 is 5.97 Å². The fourth-order valence-electron chi connectivity index (χ4n) is 1.76. The van der Waals surface area contributed by atoms with Crippen LogP contribution in [0.15, 0.2) is 24.3 Å². The van der Waals surface area contributed by atoms with Crippen molar-refractivity contribution in [2.75, 3.05) is 32.5 Å². The van der Waals surface area contributed by atoms with Crippen LogP contribution in [0.4, 0.5) is 5.69 Å². The summed E-state index contributed by atoms with van der Waals surface area (Å²) in [7, 11) is 1.31. The van der Waals surface area contributed by atoms with Crippen molar-refractivity contribution >= 4 is 17.6 Å². The van der Waals surface area contributed by atoms with E-state index in [4.69, 9.17) is 10.5 Å². The van der Waals surface area contributed by atoms with E-state index in [-0.39, 0.29) is 25.5 Å². The van der Waals surface area contributed by atoms with E-state index in [9.17, 15) is 9.59 Å². The van der Waals surface area contributed by atoms with Crippen LogP contribution in [0.3, 0.4) is 0 Å². The third kappa shape index (κ3) is 6.16. The van der Waals surface area contributed by atoms with Crippen molar-refractivity contribution in [3.8, 4) is 5.75 Å². The first kappa shape index (κ1) is 16.8. The summed E-state index contributed by atoms with van der Waals surface area (Å²) in [6, 6.07) is 6.96. The molecule has 0 aromatic heterocycles. The van der Waals surface area contributed by atoms with Gasteiger partial charge in [0, 0.05) is 12.2 Å². The predicted octanol–water partition coefficient (Wildman–Crippen LogP) is 1.45. The predicted molar refractivity (Wildman–Crippen MR) is 79.9 cm³/mol. The van der Waals surface area contributed by atoms with Gasteiger partial charge in [0.2, 0.25) is 5.91 Å². The number of hydrogen-bond donors (Lipinski definition) is 1. The number of nitrogen functional groups attached to an aromatic ring is 1. The minimum Gasteiger partial charge on any atom is -0.493 e. The zero-order valence-electron chi connectivity index (χ0n) is 12.5. The molecule has 2 N–H and O–H groups in total. The van der Waals surface area contributed by atoms with Gasteiger partial charge in [-0.1, -0.05) is 6.92 Å². The Bertz CT molecular complexity index is 459. The third-order valence-corrected chi connectivity index (χ3v) is 2.86. The molecule has 6 heteroatoms. The number of nitrogens with zero attached hydrogens (tertiary/aromatic N) is 1. The Labute approximate surface area is 124 Å². The minimum absolute atomic E-state index is 0.0228. The smallest absolute Gasteiger partial charge is 0.325 e. The Morgan fingerprint density at radius 2 is 1.90 bits per heavy atom. The van der Waals surface area contributed by atoms with Crippen molar-refractivity contribution in [3.05, 3.63) is 24.3 Å². The zero-order chi connectivity index (χ0) is 15.7. The van der Waals surface area contributed by atoms with E-state index in [0.29, 0.717) is 18.0 Å². The molecule has 0 spiro atoms. The Morgan fingerprint density at radius 1 is 1.24 bits per heavy atom. The number of carbonyl (C=O) groups excluding carboxylic acids is 2. The van der Waals surface area contributed by atoms with Gasteiger partial charge in [0.05, 0.1) is 20.1 Å². The van der Waals surface area contributed by atoms with Gasteiger partial charge in [-0.15, -0.1) is 0 Å². The zero-order valence-corrected chi connectivity index (χ0v) is 12.5. The summed E-state index contributed by atoms with van der Waals surface area (Å²) in [5.41, 5.74) is 6.23. The molecule has 0 radical (unpaired) electrons. The molecule has 0 aliphatic carbocycles. The van der Waals surface area contributed by atoms with Crippen molar-refractivity contribution in [2.24, 2.45) is 0 Å². The highest BCUT2D eigenvalue weighted by Crippen LogP contribution is 2.13. The molecule has 1 rings (SSSR count).